The van der Waals surface area contributed by atoms with Gasteiger partial charge in [-0.2, -0.15) is 5.26 Å². The molecule has 2 atom stereocenters. The number of carbonyl (C=O) groups excluding carboxylic acids is 2. The van der Waals surface area contributed by atoms with Gasteiger partial charge in [0.25, 0.3) is 5.91 Å². The van der Waals surface area contributed by atoms with Gasteiger partial charge in [0.05, 0.1) is 53.2 Å². The summed E-state index contributed by atoms with van der Waals surface area (Å²) in [6, 6.07) is 54.4. The van der Waals surface area contributed by atoms with Gasteiger partial charge in [-0.1, -0.05) is 168 Å². The van der Waals surface area contributed by atoms with E-state index < -0.39 is 41.3 Å². The van der Waals surface area contributed by atoms with Crippen LogP contribution in [0.3, 0.4) is 0 Å². The molecule has 0 aliphatic rings. The number of hydrogen-bond acceptors (Lipinski definition) is 9. The summed E-state index contributed by atoms with van der Waals surface area (Å²) in [5, 5.41) is 22.4. The monoisotopic (exact) mass is 1330 g/mol. The summed E-state index contributed by atoms with van der Waals surface area (Å²) in [4.78, 5) is 36.0. The van der Waals surface area contributed by atoms with Gasteiger partial charge < -0.3 is 13.3 Å². The van der Waals surface area contributed by atoms with E-state index in [0.29, 0.717) is 69.5 Å². The highest BCUT2D eigenvalue weighted by atomic mass is 35.5. The van der Waals surface area contributed by atoms with Crippen molar-refractivity contribution in [3.8, 4) is 17.5 Å². The lowest BCUT2D eigenvalue weighted by molar-refractivity contribution is -0.126. The number of nitriles is 1. The van der Waals surface area contributed by atoms with E-state index in [1.54, 1.807) is 42.5 Å². The van der Waals surface area contributed by atoms with Gasteiger partial charge in [-0.05, 0) is 158 Å². The Morgan fingerprint density at radius 2 is 1.10 bits per heavy atom. The predicted molar refractivity (Wildman–Crippen MR) is 377 cm³/mol. The van der Waals surface area contributed by atoms with E-state index in [9.17, 15) is 9.59 Å². The van der Waals surface area contributed by atoms with Crippen molar-refractivity contribution >= 4 is 110 Å². The van der Waals surface area contributed by atoms with E-state index in [1.165, 1.54) is 40.2 Å². The van der Waals surface area contributed by atoms with Gasteiger partial charge in [-0.3, -0.25) is 20.4 Å². The zero-order valence-electron chi connectivity index (χ0n) is 52.9. The summed E-state index contributed by atoms with van der Waals surface area (Å²) >= 11 is 18.4. The summed E-state index contributed by atoms with van der Waals surface area (Å²) < 4.78 is 19.0. The molecule has 8 aromatic rings. The first-order chi connectivity index (χ1) is 42.6. The molecule has 0 saturated carbocycles. The molecule has 2 amide bonds. The number of benzene rings is 7. The minimum atomic E-state index is -2.14. The lowest BCUT2D eigenvalue weighted by Gasteiger charge is -2.37. The highest BCUT2D eigenvalue weighted by Gasteiger charge is 2.45. The average Bonchev–Trinajstić information content (AvgIpc) is 1.38. The predicted octanol–water partition coefficient (Wildman–Crippen LogP) is 18.2. The molecule has 7 aromatic carbocycles. The topological polar surface area (TPSA) is 152 Å². The third-order valence-corrected chi connectivity index (χ3v) is 34.9. The Balaban J connectivity index is 0.000000221. The number of carbonyl (C=O) groups is 2. The van der Waals surface area contributed by atoms with Crippen LogP contribution in [0.15, 0.2) is 168 Å². The minimum Gasteiger partial charge on any atom is -0.420 e. The second kappa shape index (κ2) is 32.0. The van der Waals surface area contributed by atoms with Gasteiger partial charge in [-0.15, -0.1) is 10.2 Å². The molecule has 0 spiro atoms. The lowest BCUT2D eigenvalue weighted by atomic mass is 9.95. The minimum absolute atomic E-state index is 0.0334. The van der Waals surface area contributed by atoms with Crippen molar-refractivity contribution in [3.05, 3.63) is 247 Å². The number of halogens is 2. The van der Waals surface area contributed by atoms with E-state index in [-0.39, 0.29) is 22.6 Å². The Morgan fingerprint density at radius 3 is 1.52 bits per heavy atom. The van der Waals surface area contributed by atoms with Crippen LogP contribution in [0.2, 0.25) is 46.3 Å². The number of nitrogens with zero attached hydrogens (tertiary/aromatic N) is 6. The van der Waals surface area contributed by atoms with Crippen molar-refractivity contribution in [1.82, 2.24) is 21.0 Å². The molecule has 20 heteroatoms. The maximum atomic E-state index is 13.2. The van der Waals surface area contributed by atoms with Crippen LogP contribution < -0.4 is 26.8 Å². The second-order valence-corrected chi connectivity index (χ2v) is 41.6. The molecule has 2 N–H and O–H groups in total. The first-order valence-corrected chi connectivity index (χ1v) is 40.0. The molecule has 1 heterocycles. The van der Waals surface area contributed by atoms with Crippen LogP contribution in [0, 0.1) is 50.8 Å². The van der Waals surface area contributed by atoms with Crippen molar-refractivity contribution in [3.63, 3.8) is 0 Å². The van der Waals surface area contributed by atoms with Crippen LogP contribution in [0.5, 0.6) is 0 Å². The van der Waals surface area contributed by atoms with E-state index >= 15 is 0 Å². The van der Waals surface area contributed by atoms with Crippen molar-refractivity contribution in [1.29, 1.82) is 5.26 Å². The van der Waals surface area contributed by atoms with Crippen molar-refractivity contribution < 1.29 is 22.9 Å². The van der Waals surface area contributed by atoms with Crippen molar-refractivity contribution in [2.75, 3.05) is 13.2 Å². The summed E-state index contributed by atoms with van der Waals surface area (Å²) in [6.45, 7) is 45.9. The molecule has 462 valence electrons. The second-order valence-electron chi connectivity index (χ2n) is 24.5. The van der Waals surface area contributed by atoms with E-state index in [4.69, 9.17) is 73.3 Å². The van der Waals surface area contributed by atoms with Gasteiger partial charge in [0.1, 0.15) is 15.9 Å². The third kappa shape index (κ3) is 18.1. The quantitative estimate of drug-likeness (QED) is 0.0370. The fraction of sp³-hybridized carbons (Fsp3) is 0.286. The number of nitrogens with one attached hydrogen (secondary N) is 2. The molecule has 13 nitrogen and oxygen atoms in total. The van der Waals surface area contributed by atoms with Crippen LogP contribution in [0.1, 0.15) is 91.5 Å². The molecule has 0 saturated heterocycles. The summed E-state index contributed by atoms with van der Waals surface area (Å²) in [6.07, 6.45) is 0.924. The molecule has 0 fully saturated rings. The third-order valence-electron chi connectivity index (χ3n) is 16.5. The van der Waals surface area contributed by atoms with Gasteiger partial charge >= 0.3 is 0 Å². The van der Waals surface area contributed by atoms with Crippen molar-refractivity contribution in [2.24, 2.45) is 5.92 Å². The van der Waals surface area contributed by atoms with Crippen LogP contribution >= 0.6 is 37.2 Å². The van der Waals surface area contributed by atoms with Gasteiger partial charge in [0, 0.05) is 24.3 Å². The molecule has 1 aromatic heterocycles. The molecule has 8 rings (SSSR count). The summed E-state index contributed by atoms with van der Waals surface area (Å²) in [5.41, 5.74) is 11.3. The number of aromatic nitrogens is 2. The van der Waals surface area contributed by atoms with Crippen LogP contribution in [0.4, 0.5) is 17.1 Å². The molecule has 0 bridgehead atoms. The van der Waals surface area contributed by atoms with Gasteiger partial charge in [0.15, 0.2) is 36.3 Å². The molecule has 0 unspecified atom stereocenters. The Morgan fingerprint density at radius 1 is 0.644 bits per heavy atom. The Bertz CT molecular complexity index is 3860. The number of rotatable bonds is 18. The zero-order chi connectivity index (χ0) is 66.0. The Hall–Kier alpha value is -7.54. The first kappa shape index (κ1) is 71.5. The molecule has 90 heavy (non-hydrogen) atoms. The van der Waals surface area contributed by atoms with E-state index in [1.807, 2.05) is 26.0 Å². The molecule has 0 aliphatic carbocycles. The standard InChI is InChI=1S/C26H31ClN4O3Si.C26H29ClN4O2Si.C18H15P2S/c1-17-20(12-13-22(29-5)23(17)27)14-21(16-34-35(6,7)26(2,3)4)25(33)31-30-24(32)19-10-8-18(15-28)9-11-19;1-17-19(11-14-22(29-6)23(17)27)15-20(16-32-34(7,8)26(2,3)4)25-31-30-24(33-25)18-9-12-21(28-5)13-10-18;21-19-20(16-10-4-1-5-11-16,17-12-6-2-7-13-17)18-14-8-3-9-15-18/h8-13,21H,14,16H2,1-4,6-7H3,(H,30,32)(H,31,33);9-14,20H,15-16H2,1-4,7-8H3;1-15H/q;;+1/t21-;20-;/m11./s1. The van der Waals surface area contributed by atoms with Crippen LogP contribution in [-0.2, 0) is 38.3 Å². The molecular formula is C70H75Cl2N8O5P2SSi2+. The summed E-state index contributed by atoms with van der Waals surface area (Å²) in [5.74, 6) is -0.761. The summed E-state index contributed by atoms with van der Waals surface area (Å²) in [7, 11) is -3.14. The number of hydrazine groups is 1. The maximum absolute atomic E-state index is 13.2. The van der Waals surface area contributed by atoms with Crippen LogP contribution in [0.25, 0.3) is 26.0 Å². The Labute approximate surface area is 550 Å². The van der Waals surface area contributed by atoms with Gasteiger partial charge in [0.2, 0.25) is 29.1 Å². The SMILES string of the molecule is S=P[P+](c1ccccc1)(c1ccccc1)c1ccccc1.[C-]#[N+]c1ccc(-c2nnc([C@@H](CO[Si](C)(C)C(C)(C)C)Cc3ccc([N+]#[C-])c(Cl)c3C)o2)cc1.[C-]#[N+]c1ccc(C[C@H](CO[Si](C)(C)C(C)(C)C)C(=O)NNC(=O)c2ccc(C#N)cc2)c(C)c1Cl. The van der Waals surface area contributed by atoms with Gasteiger partial charge in [-0.25, -0.2) is 14.5 Å². The van der Waals surface area contributed by atoms with E-state index in [2.05, 4.69) is 194 Å². The fourth-order valence-electron chi connectivity index (χ4n) is 8.77. The number of hydrogen-bond donors (Lipinski definition) is 2. The fourth-order valence-corrected chi connectivity index (χ4v) is 18.9. The molecule has 0 radical (unpaired) electrons. The van der Waals surface area contributed by atoms with Crippen LogP contribution in [-0.4, -0.2) is 51.9 Å². The largest absolute Gasteiger partial charge is 0.420 e. The van der Waals surface area contributed by atoms with Crippen molar-refractivity contribution in [2.45, 2.75) is 110 Å². The van der Waals surface area contributed by atoms with E-state index in [0.717, 1.165) is 34.9 Å². The molecule has 0 aliphatic heterocycles. The Kier molecular flexibility index (Phi) is 25.4. The lowest BCUT2D eigenvalue weighted by Crippen LogP contribution is -2.48. The first-order valence-electron chi connectivity index (χ1n) is 29.1. The average molecular weight is 1330 g/mol. The normalized spacial score (nSPS) is 12.2. The smallest absolute Gasteiger partial charge is 0.269 e. The zero-order valence-corrected chi connectivity index (χ0v) is 59.0. The maximum Gasteiger partial charge on any atom is 0.269 e. The highest BCUT2D eigenvalue weighted by Crippen LogP contribution is 2.66. The molecular weight excluding hydrogens is 1250 g/mol. The number of amides is 2. The highest BCUT2D eigenvalue weighted by molar-refractivity contribution is 8.51.